The van der Waals surface area contributed by atoms with E-state index in [2.05, 4.69) is 117 Å². The highest BCUT2D eigenvalue weighted by Crippen LogP contribution is 2.31. The van der Waals surface area contributed by atoms with Gasteiger partial charge in [0.25, 0.3) is 0 Å². The molecule has 5 nitrogen and oxygen atoms in total. The van der Waals surface area contributed by atoms with E-state index in [1.807, 2.05) is 12.7 Å². The maximum Gasteiger partial charge on any atom is 0.133 e. The van der Waals surface area contributed by atoms with E-state index in [9.17, 15) is 0 Å². The molecule has 1 aliphatic heterocycles. The zero-order valence-electron chi connectivity index (χ0n) is 18.1. The lowest BCUT2D eigenvalue weighted by Crippen LogP contribution is -2.44. The molecule has 1 N–H and O–H groups in total. The van der Waals surface area contributed by atoms with Gasteiger partial charge in [0.05, 0.1) is 28.4 Å². The monoisotopic (exact) mass is 427 g/mol. The first kappa shape index (κ1) is 18.2. The van der Waals surface area contributed by atoms with Gasteiger partial charge >= 0.3 is 0 Å². The number of imidazole rings is 2. The van der Waals surface area contributed by atoms with Crippen molar-refractivity contribution in [3.05, 3.63) is 104 Å². The van der Waals surface area contributed by atoms with Crippen LogP contribution in [0.3, 0.4) is 0 Å². The van der Waals surface area contributed by atoms with Crippen molar-refractivity contribution in [2.45, 2.75) is 12.6 Å². The Morgan fingerprint density at radius 3 is 2.00 bits per heavy atom. The van der Waals surface area contributed by atoms with E-state index < -0.39 is 5.66 Å². The summed E-state index contributed by atoms with van der Waals surface area (Å²) in [5, 5.41) is 8.54. The molecule has 1 aliphatic rings. The van der Waals surface area contributed by atoms with E-state index in [4.69, 9.17) is 4.98 Å². The molecule has 4 aromatic carbocycles. The summed E-state index contributed by atoms with van der Waals surface area (Å²) in [6, 6.07) is 25.5. The van der Waals surface area contributed by atoms with Gasteiger partial charge in [0, 0.05) is 0 Å². The molecule has 0 fully saturated rings. The lowest BCUT2D eigenvalue weighted by molar-refractivity contribution is 0.370. The smallest absolute Gasteiger partial charge is 0.133 e. The number of benzene rings is 4. The van der Waals surface area contributed by atoms with Crippen LogP contribution in [-0.2, 0) is 5.66 Å². The van der Waals surface area contributed by atoms with Crippen LogP contribution in [0.2, 0.25) is 0 Å². The number of hydrogen-bond acceptors (Lipinski definition) is 3. The lowest BCUT2D eigenvalue weighted by Gasteiger charge is -2.34. The second-order valence-corrected chi connectivity index (χ2v) is 8.79. The standard InChI is InChI=1S/C28H21N5/c1-28(33-18-30-24-14-20-8-3-5-10-22(20)16-26(24)33)12-6-11-27(31-28)32-17-29-23-13-19-7-2-4-9-21(19)15-25(23)32/h2-18,31H,1H3. The minimum atomic E-state index is -0.477. The highest BCUT2D eigenvalue weighted by Gasteiger charge is 2.28. The molecule has 3 heterocycles. The molecule has 0 saturated carbocycles. The van der Waals surface area contributed by atoms with Crippen LogP contribution in [0.4, 0.5) is 0 Å². The van der Waals surface area contributed by atoms with Crippen molar-refractivity contribution < 1.29 is 0 Å². The molecule has 1 unspecified atom stereocenters. The van der Waals surface area contributed by atoms with Gasteiger partial charge < -0.3 is 9.88 Å². The van der Waals surface area contributed by atoms with Crippen molar-refractivity contribution >= 4 is 49.4 Å². The Hall–Kier alpha value is -4.38. The van der Waals surface area contributed by atoms with E-state index in [1.165, 1.54) is 21.5 Å². The summed E-state index contributed by atoms with van der Waals surface area (Å²) in [5.74, 6) is 0.973. The van der Waals surface area contributed by atoms with Gasteiger partial charge in [-0.3, -0.25) is 4.57 Å². The Morgan fingerprint density at radius 2 is 1.30 bits per heavy atom. The first-order chi connectivity index (χ1) is 16.2. The number of nitrogens with zero attached hydrogens (tertiary/aromatic N) is 4. The Bertz CT molecular complexity index is 1770. The van der Waals surface area contributed by atoms with Gasteiger partial charge in [-0.15, -0.1) is 0 Å². The Morgan fingerprint density at radius 1 is 0.727 bits per heavy atom. The molecule has 0 bridgehead atoms. The van der Waals surface area contributed by atoms with Gasteiger partial charge in [-0.25, -0.2) is 9.97 Å². The molecular weight excluding hydrogens is 406 g/mol. The van der Waals surface area contributed by atoms with E-state index >= 15 is 0 Å². The zero-order chi connectivity index (χ0) is 22.0. The van der Waals surface area contributed by atoms with Gasteiger partial charge in [0.15, 0.2) is 0 Å². The number of dihydropyridines is 1. The summed E-state index contributed by atoms with van der Waals surface area (Å²) in [6.07, 6.45) is 10.2. The largest absolute Gasteiger partial charge is 0.345 e. The normalized spacial score (nSPS) is 18.3. The van der Waals surface area contributed by atoms with Crippen LogP contribution in [0.15, 0.2) is 104 Å². The van der Waals surface area contributed by atoms with Crippen LogP contribution in [0.25, 0.3) is 49.4 Å². The third kappa shape index (κ3) is 2.72. The van der Waals surface area contributed by atoms with Gasteiger partial charge in [-0.2, -0.15) is 0 Å². The molecule has 0 aliphatic carbocycles. The molecule has 0 spiro atoms. The van der Waals surface area contributed by atoms with E-state index in [1.54, 1.807) is 0 Å². The Balaban J connectivity index is 1.34. The van der Waals surface area contributed by atoms with E-state index in [0.29, 0.717) is 0 Å². The Labute approximate surface area is 190 Å². The molecule has 158 valence electrons. The third-order valence-corrected chi connectivity index (χ3v) is 6.65. The highest BCUT2D eigenvalue weighted by molar-refractivity contribution is 5.97. The molecule has 0 amide bonds. The maximum absolute atomic E-state index is 4.71. The average molecular weight is 428 g/mol. The lowest BCUT2D eigenvalue weighted by atomic mass is 10.1. The second-order valence-electron chi connectivity index (χ2n) is 8.79. The number of aromatic nitrogens is 4. The van der Waals surface area contributed by atoms with Crippen molar-refractivity contribution in [1.82, 2.24) is 24.4 Å². The fraction of sp³-hybridized carbons (Fsp3) is 0.0714. The fourth-order valence-electron chi connectivity index (χ4n) is 4.90. The van der Waals surface area contributed by atoms with Crippen molar-refractivity contribution in [2.24, 2.45) is 0 Å². The number of hydrogen-bond donors (Lipinski definition) is 1. The van der Waals surface area contributed by atoms with Gasteiger partial charge in [-0.1, -0.05) is 54.6 Å². The van der Waals surface area contributed by atoms with Crippen molar-refractivity contribution in [3.8, 4) is 0 Å². The first-order valence-corrected chi connectivity index (χ1v) is 11.1. The van der Waals surface area contributed by atoms with Gasteiger partial charge in [0.1, 0.15) is 17.8 Å². The maximum atomic E-state index is 4.71. The van der Waals surface area contributed by atoms with Crippen molar-refractivity contribution in [2.75, 3.05) is 0 Å². The summed E-state index contributed by atoms with van der Waals surface area (Å²) in [7, 11) is 0. The zero-order valence-corrected chi connectivity index (χ0v) is 18.1. The molecule has 1 atom stereocenters. The number of fused-ring (bicyclic) bond motifs is 4. The molecule has 2 aromatic heterocycles. The average Bonchev–Trinajstić information content (AvgIpc) is 3.45. The predicted octanol–water partition coefficient (Wildman–Crippen LogP) is 6.02. The van der Waals surface area contributed by atoms with Crippen LogP contribution in [0.5, 0.6) is 0 Å². The van der Waals surface area contributed by atoms with Crippen LogP contribution in [-0.4, -0.2) is 19.1 Å². The molecule has 33 heavy (non-hydrogen) atoms. The van der Waals surface area contributed by atoms with Crippen LogP contribution in [0, 0.1) is 0 Å². The summed E-state index contributed by atoms with van der Waals surface area (Å²) in [4.78, 5) is 9.39. The quantitative estimate of drug-likeness (QED) is 0.367. The molecular formula is C28H21N5. The molecule has 7 rings (SSSR count). The third-order valence-electron chi connectivity index (χ3n) is 6.65. The summed E-state index contributed by atoms with van der Waals surface area (Å²) in [5.41, 5.74) is 3.66. The van der Waals surface area contributed by atoms with Crippen LogP contribution < -0.4 is 5.32 Å². The highest BCUT2D eigenvalue weighted by atomic mass is 15.3. The van der Waals surface area contributed by atoms with Crippen LogP contribution >= 0.6 is 0 Å². The second kappa shape index (κ2) is 6.56. The Kier molecular flexibility index (Phi) is 3.62. The molecule has 6 aromatic rings. The summed E-state index contributed by atoms with van der Waals surface area (Å²) >= 11 is 0. The van der Waals surface area contributed by atoms with E-state index in [-0.39, 0.29) is 0 Å². The number of nitrogens with one attached hydrogen (secondary N) is 1. The molecule has 0 radical (unpaired) electrons. The SMILES string of the molecule is CC1(n2cnc3cc4ccccc4cc32)C=CC=C(n2cnc3cc4ccccc4cc32)N1. The fourth-order valence-corrected chi connectivity index (χ4v) is 4.90. The first-order valence-electron chi connectivity index (χ1n) is 11.1. The molecule has 0 saturated heterocycles. The van der Waals surface area contributed by atoms with Crippen molar-refractivity contribution in [3.63, 3.8) is 0 Å². The predicted molar refractivity (Wildman–Crippen MR) is 135 cm³/mol. The van der Waals surface area contributed by atoms with Gasteiger partial charge in [-0.05, 0) is 64.9 Å². The summed E-state index contributed by atoms with van der Waals surface area (Å²) < 4.78 is 4.32. The topological polar surface area (TPSA) is 47.7 Å². The van der Waals surface area contributed by atoms with Crippen LogP contribution in [0.1, 0.15) is 6.92 Å². The summed E-state index contributed by atoms with van der Waals surface area (Å²) in [6.45, 7) is 2.17. The minimum absolute atomic E-state index is 0.477. The molecule has 5 heteroatoms. The van der Waals surface area contributed by atoms with Crippen molar-refractivity contribution in [1.29, 1.82) is 0 Å². The number of allylic oxidation sites excluding steroid dienone is 2. The van der Waals surface area contributed by atoms with E-state index in [0.717, 1.165) is 27.9 Å². The minimum Gasteiger partial charge on any atom is -0.345 e. The number of rotatable bonds is 2. The van der Waals surface area contributed by atoms with Gasteiger partial charge in [0.2, 0.25) is 0 Å².